The van der Waals surface area contributed by atoms with E-state index in [1.54, 1.807) is 0 Å². The summed E-state index contributed by atoms with van der Waals surface area (Å²) < 4.78 is 0. The number of unbranched alkanes of at least 4 members (excludes halogenated alkanes) is 18. The summed E-state index contributed by atoms with van der Waals surface area (Å²) in [5.74, 6) is 1.88. The third-order valence-corrected chi connectivity index (χ3v) is 7.00. The Morgan fingerprint density at radius 1 is 0.321 bits per heavy atom. The number of rotatable bonds is 23. The van der Waals surface area contributed by atoms with E-state index in [-0.39, 0.29) is 0 Å². The van der Waals surface area contributed by atoms with Crippen molar-refractivity contribution in [2.75, 3.05) is 0 Å². The molecule has 0 aliphatic carbocycles. The van der Waals surface area contributed by atoms with Crippen LogP contribution in [0.3, 0.4) is 0 Å². The molecule has 0 saturated heterocycles. The van der Waals surface area contributed by atoms with Crippen LogP contribution >= 0.6 is 0 Å². The molecule has 2 atom stereocenters. The van der Waals surface area contributed by atoms with E-state index in [9.17, 15) is 0 Å². The molecule has 0 saturated carbocycles. The van der Waals surface area contributed by atoms with Crippen molar-refractivity contribution in [2.45, 2.75) is 169 Å². The molecule has 170 valence electrons. The molecule has 0 fully saturated rings. The minimum Gasteiger partial charge on any atom is -0.0654 e. The molecule has 2 unspecified atom stereocenters. The van der Waals surface area contributed by atoms with Crippen molar-refractivity contribution in [2.24, 2.45) is 11.8 Å². The molecular weight excluding hydrogens is 336 g/mol. The second-order valence-corrected chi connectivity index (χ2v) is 9.90. The van der Waals surface area contributed by atoms with Crippen LogP contribution < -0.4 is 0 Å². The Balaban J connectivity index is 3.29. The summed E-state index contributed by atoms with van der Waals surface area (Å²) in [6.45, 7) is 9.62. The van der Waals surface area contributed by atoms with E-state index in [2.05, 4.69) is 27.7 Å². The lowest BCUT2D eigenvalue weighted by atomic mass is 9.86. The van der Waals surface area contributed by atoms with Gasteiger partial charge in [0.1, 0.15) is 0 Å². The first-order chi connectivity index (χ1) is 13.7. The van der Waals surface area contributed by atoms with Gasteiger partial charge in [0.2, 0.25) is 0 Å². The molecule has 0 aromatic rings. The lowest BCUT2D eigenvalue weighted by Crippen LogP contribution is -2.08. The Morgan fingerprint density at radius 2 is 0.536 bits per heavy atom. The molecule has 0 N–H and O–H groups in total. The maximum absolute atomic E-state index is 2.51. The number of hydrogen-bond donors (Lipinski definition) is 0. The fourth-order valence-corrected chi connectivity index (χ4v) is 4.48. The predicted molar refractivity (Wildman–Crippen MR) is 131 cm³/mol. The minimum atomic E-state index is 0.938. The molecule has 28 heavy (non-hydrogen) atoms. The summed E-state index contributed by atoms with van der Waals surface area (Å²) in [5, 5.41) is 0. The first-order valence-corrected chi connectivity index (χ1v) is 13.7. The van der Waals surface area contributed by atoms with Gasteiger partial charge < -0.3 is 0 Å². The van der Waals surface area contributed by atoms with E-state index >= 15 is 0 Å². The quantitative estimate of drug-likeness (QED) is 0.151. The maximum atomic E-state index is 2.51. The number of hydrogen-bond acceptors (Lipinski definition) is 0. The Kier molecular flexibility index (Phi) is 23.3. The molecule has 0 heteroatoms. The SMILES string of the molecule is CCCCCCCCCCCCCCC(C)C(C)CCCCCCCCCC. The summed E-state index contributed by atoms with van der Waals surface area (Å²) in [4.78, 5) is 0. The van der Waals surface area contributed by atoms with Gasteiger partial charge in [0.15, 0.2) is 0 Å². The van der Waals surface area contributed by atoms with Crippen LogP contribution in [0.1, 0.15) is 169 Å². The lowest BCUT2D eigenvalue weighted by Gasteiger charge is -2.19. The summed E-state index contributed by atoms with van der Waals surface area (Å²) >= 11 is 0. The molecule has 0 aliphatic heterocycles. The van der Waals surface area contributed by atoms with Crippen LogP contribution in [0.5, 0.6) is 0 Å². The topological polar surface area (TPSA) is 0 Å². The first-order valence-electron chi connectivity index (χ1n) is 13.7. The van der Waals surface area contributed by atoms with E-state index in [1.165, 1.54) is 141 Å². The van der Waals surface area contributed by atoms with Gasteiger partial charge in [-0.05, 0) is 11.8 Å². The molecular formula is C28H58. The summed E-state index contributed by atoms with van der Waals surface area (Å²) in [6, 6.07) is 0. The fraction of sp³-hybridized carbons (Fsp3) is 1.00. The van der Waals surface area contributed by atoms with E-state index in [4.69, 9.17) is 0 Å². The van der Waals surface area contributed by atoms with Crippen molar-refractivity contribution < 1.29 is 0 Å². The fourth-order valence-electron chi connectivity index (χ4n) is 4.48. The van der Waals surface area contributed by atoms with Crippen molar-refractivity contribution in [3.63, 3.8) is 0 Å². The van der Waals surface area contributed by atoms with Gasteiger partial charge in [-0.1, -0.05) is 169 Å². The van der Waals surface area contributed by atoms with Crippen LogP contribution in [0, 0.1) is 11.8 Å². The molecule has 0 bridgehead atoms. The Morgan fingerprint density at radius 3 is 0.786 bits per heavy atom. The smallest absolute Gasteiger partial charge is 0.0417 e. The molecule has 0 radical (unpaired) electrons. The summed E-state index contributed by atoms with van der Waals surface area (Å²) in [5.41, 5.74) is 0. The summed E-state index contributed by atoms with van der Waals surface area (Å²) in [6.07, 6.45) is 32.2. The maximum Gasteiger partial charge on any atom is -0.0417 e. The van der Waals surface area contributed by atoms with Crippen LogP contribution in [0.4, 0.5) is 0 Å². The predicted octanol–water partition coefficient (Wildman–Crippen LogP) is 10.9. The van der Waals surface area contributed by atoms with Crippen LogP contribution in [-0.2, 0) is 0 Å². The Bertz CT molecular complexity index is 269. The average Bonchev–Trinajstić information content (AvgIpc) is 2.70. The van der Waals surface area contributed by atoms with E-state index in [1.807, 2.05) is 0 Å². The van der Waals surface area contributed by atoms with Gasteiger partial charge in [-0.25, -0.2) is 0 Å². The molecule has 0 aliphatic rings. The van der Waals surface area contributed by atoms with Crippen molar-refractivity contribution in [1.29, 1.82) is 0 Å². The third kappa shape index (κ3) is 20.7. The Labute approximate surface area is 181 Å². The highest BCUT2D eigenvalue weighted by Crippen LogP contribution is 2.24. The summed E-state index contributed by atoms with van der Waals surface area (Å²) in [7, 11) is 0. The van der Waals surface area contributed by atoms with Crippen molar-refractivity contribution >= 4 is 0 Å². The van der Waals surface area contributed by atoms with Gasteiger partial charge in [-0.2, -0.15) is 0 Å². The third-order valence-electron chi connectivity index (χ3n) is 7.00. The molecule has 0 spiro atoms. The van der Waals surface area contributed by atoms with Gasteiger partial charge in [-0.3, -0.25) is 0 Å². The van der Waals surface area contributed by atoms with Crippen LogP contribution in [0.15, 0.2) is 0 Å². The zero-order chi connectivity index (χ0) is 20.7. The van der Waals surface area contributed by atoms with Gasteiger partial charge in [-0.15, -0.1) is 0 Å². The van der Waals surface area contributed by atoms with Crippen LogP contribution in [0.25, 0.3) is 0 Å². The molecule has 0 nitrogen and oxygen atoms in total. The Hall–Kier alpha value is 0. The minimum absolute atomic E-state index is 0.938. The zero-order valence-electron chi connectivity index (χ0n) is 20.7. The molecule has 0 heterocycles. The van der Waals surface area contributed by atoms with Crippen LogP contribution in [0.2, 0.25) is 0 Å². The molecule has 0 aromatic carbocycles. The highest BCUT2D eigenvalue weighted by atomic mass is 14.2. The zero-order valence-corrected chi connectivity index (χ0v) is 20.7. The molecule has 0 rings (SSSR count). The van der Waals surface area contributed by atoms with Crippen molar-refractivity contribution in [3.8, 4) is 0 Å². The highest BCUT2D eigenvalue weighted by molar-refractivity contribution is 4.63. The molecule has 0 aromatic heterocycles. The van der Waals surface area contributed by atoms with E-state index in [0.29, 0.717) is 0 Å². The average molecular weight is 395 g/mol. The van der Waals surface area contributed by atoms with Gasteiger partial charge >= 0.3 is 0 Å². The first kappa shape index (κ1) is 28.0. The van der Waals surface area contributed by atoms with E-state index < -0.39 is 0 Å². The highest BCUT2D eigenvalue weighted by Gasteiger charge is 2.11. The monoisotopic (exact) mass is 394 g/mol. The largest absolute Gasteiger partial charge is 0.0654 e. The van der Waals surface area contributed by atoms with Crippen LogP contribution in [-0.4, -0.2) is 0 Å². The second kappa shape index (κ2) is 23.3. The van der Waals surface area contributed by atoms with E-state index in [0.717, 1.165) is 11.8 Å². The lowest BCUT2D eigenvalue weighted by molar-refractivity contribution is 0.322. The van der Waals surface area contributed by atoms with Crippen molar-refractivity contribution in [1.82, 2.24) is 0 Å². The second-order valence-electron chi connectivity index (χ2n) is 9.90. The van der Waals surface area contributed by atoms with Gasteiger partial charge in [0.05, 0.1) is 0 Å². The standard InChI is InChI=1S/C28H58/c1-5-7-9-11-13-15-16-17-18-20-22-24-26-28(4)27(3)25-23-21-19-14-12-10-8-6-2/h27-28H,5-26H2,1-4H3. The van der Waals surface area contributed by atoms with Crippen molar-refractivity contribution in [3.05, 3.63) is 0 Å². The molecule has 0 amide bonds. The van der Waals surface area contributed by atoms with Gasteiger partial charge in [0, 0.05) is 0 Å². The normalized spacial score (nSPS) is 13.7. The van der Waals surface area contributed by atoms with Gasteiger partial charge in [0.25, 0.3) is 0 Å².